The Kier molecular flexibility index (Phi) is 2.63. The van der Waals surface area contributed by atoms with Gasteiger partial charge < -0.3 is 4.74 Å². The first-order valence-electron chi connectivity index (χ1n) is 5.82. The van der Waals surface area contributed by atoms with Gasteiger partial charge in [0.1, 0.15) is 5.75 Å². The first kappa shape index (κ1) is 11.9. The maximum absolute atomic E-state index is 8.97. The third-order valence-electron chi connectivity index (χ3n) is 3.17. The summed E-state index contributed by atoms with van der Waals surface area (Å²) in [5.41, 5.74) is 7.43. The summed E-state index contributed by atoms with van der Waals surface area (Å²) in [6.45, 7) is 5.98. The zero-order chi connectivity index (χ0) is 12.7. The minimum absolute atomic E-state index is 0.326. The van der Waals surface area contributed by atoms with E-state index in [1.165, 1.54) is 0 Å². The first-order valence-corrected chi connectivity index (χ1v) is 5.82. The molecule has 0 bridgehead atoms. The third kappa shape index (κ3) is 2.42. The van der Waals surface area contributed by atoms with E-state index < -0.39 is 5.72 Å². The van der Waals surface area contributed by atoms with Crippen LogP contribution in [0.1, 0.15) is 30.9 Å². The van der Waals surface area contributed by atoms with Crippen molar-refractivity contribution in [1.29, 1.82) is 5.26 Å². The highest BCUT2D eigenvalue weighted by Crippen LogP contribution is 2.47. The normalized spacial score (nSPS) is 31.5. The highest BCUT2D eigenvalue weighted by molar-refractivity contribution is 5.34. The summed E-state index contributed by atoms with van der Waals surface area (Å²) in [5.74, 6) is 0.796. The molecule has 2 N–H and O–H groups in total. The van der Waals surface area contributed by atoms with Gasteiger partial charge >= 0.3 is 0 Å². The van der Waals surface area contributed by atoms with Gasteiger partial charge in [0.25, 0.3) is 0 Å². The van der Waals surface area contributed by atoms with Crippen LogP contribution in [0.25, 0.3) is 0 Å². The molecule has 1 aliphatic rings. The molecule has 0 atom stereocenters. The highest BCUT2D eigenvalue weighted by atomic mass is 16.5. The van der Waals surface area contributed by atoms with Gasteiger partial charge in [-0.25, -0.2) is 0 Å². The van der Waals surface area contributed by atoms with Gasteiger partial charge in [0.2, 0.25) is 0 Å². The first-order chi connectivity index (χ1) is 7.84. The van der Waals surface area contributed by atoms with Crippen LogP contribution in [0, 0.1) is 30.6 Å². The molecule has 17 heavy (non-hydrogen) atoms. The van der Waals surface area contributed by atoms with Crippen molar-refractivity contribution in [2.24, 2.45) is 11.1 Å². The third-order valence-corrected chi connectivity index (χ3v) is 3.17. The summed E-state index contributed by atoms with van der Waals surface area (Å²) in [5, 5.41) is 8.97. The largest absolute Gasteiger partial charge is 0.473 e. The molecule has 2 rings (SSSR count). The summed E-state index contributed by atoms with van der Waals surface area (Å²) in [4.78, 5) is 0. The number of aryl methyl sites for hydroxylation is 2. The fourth-order valence-corrected chi connectivity index (χ4v) is 2.65. The molecule has 1 aliphatic carbocycles. The fourth-order valence-electron chi connectivity index (χ4n) is 2.65. The lowest BCUT2D eigenvalue weighted by atomic mass is 9.65. The van der Waals surface area contributed by atoms with Crippen LogP contribution in [0.5, 0.6) is 5.75 Å². The topological polar surface area (TPSA) is 59.0 Å². The fraction of sp³-hybridized carbons (Fsp3) is 0.500. The zero-order valence-corrected chi connectivity index (χ0v) is 10.6. The summed E-state index contributed by atoms with van der Waals surface area (Å²) in [7, 11) is 0. The van der Waals surface area contributed by atoms with E-state index in [1.54, 1.807) is 0 Å². The number of nitriles is 1. The molecule has 3 nitrogen and oxygen atoms in total. The Bertz CT molecular complexity index is 461. The van der Waals surface area contributed by atoms with E-state index in [0.717, 1.165) is 16.9 Å². The molecule has 0 heterocycles. The Morgan fingerprint density at radius 2 is 1.76 bits per heavy atom. The molecule has 1 aromatic rings. The van der Waals surface area contributed by atoms with Crippen molar-refractivity contribution < 1.29 is 4.74 Å². The van der Waals surface area contributed by atoms with Gasteiger partial charge in [0, 0.05) is 12.8 Å². The zero-order valence-electron chi connectivity index (χ0n) is 10.6. The second-order valence-electron chi connectivity index (χ2n) is 5.52. The standard InChI is InChI=1S/C14H18N2O/c1-10-4-11(2)6-12(5-10)17-14(16)7-13(3,8-14)9-15/h4-6H,7-8,16H2,1-3H3/t13-,14+. The average Bonchev–Trinajstić information content (AvgIpc) is 2.13. The van der Waals surface area contributed by atoms with Crippen molar-refractivity contribution in [2.45, 2.75) is 39.3 Å². The van der Waals surface area contributed by atoms with E-state index >= 15 is 0 Å². The summed E-state index contributed by atoms with van der Waals surface area (Å²) >= 11 is 0. The van der Waals surface area contributed by atoms with Crippen LogP contribution in [0.15, 0.2) is 18.2 Å². The predicted molar refractivity (Wildman–Crippen MR) is 66.4 cm³/mol. The second-order valence-corrected chi connectivity index (χ2v) is 5.52. The van der Waals surface area contributed by atoms with Crippen molar-refractivity contribution in [3.63, 3.8) is 0 Å². The van der Waals surface area contributed by atoms with Crippen LogP contribution >= 0.6 is 0 Å². The summed E-state index contributed by atoms with van der Waals surface area (Å²) < 4.78 is 5.82. The van der Waals surface area contributed by atoms with E-state index in [9.17, 15) is 0 Å². The summed E-state index contributed by atoms with van der Waals surface area (Å²) in [6.07, 6.45) is 1.17. The molecular formula is C14H18N2O. The average molecular weight is 230 g/mol. The van der Waals surface area contributed by atoms with E-state index in [2.05, 4.69) is 12.1 Å². The molecule has 0 aliphatic heterocycles. The molecular weight excluding hydrogens is 212 g/mol. The molecule has 0 aromatic heterocycles. The quantitative estimate of drug-likeness (QED) is 0.794. The van der Waals surface area contributed by atoms with Gasteiger partial charge in [-0.2, -0.15) is 5.26 Å². The number of hydrogen-bond acceptors (Lipinski definition) is 3. The molecule has 0 saturated heterocycles. The Morgan fingerprint density at radius 3 is 2.24 bits per heavy atom. The van der Waals surface area contributed by atoms with E-state index in [0.29, 0.717) is 12.8 Å². The van der Waals surface area contributed by atoms with Crippen molar-refractivity contribution >= 4 is 0 Å². The number of benzene rings is 1. The Balaban J connectivity index is 2.10. The van der Waals surface area contributed by atoms with Crippen molar-refractivity contribution in [2.75, 3.05) is 0 Å². The molecule has 1 aromatic carbocycles. The van der Waals surface area contributed by atoms with Crippen LogP contribution < -0.4 is 10.5 Å². The lowest BCUT2D eigenvalue weighted by molar-refractivity contribution is -0.0691. The molecule has 0 amide bonds. The Labute approximate surface area is 102 Å². The minimum atomic E-state index is -0.676. The number of ether oxygens (including phenoxy) is 1. The monoisotopic (exact) mass is 230 g/mol. The molecule has 3 heteroatoms. The Hall–Kier alpha value is -1.53. The molecule has 0 spiro atoms. The number of hydrogen-bond donors (Lipinski definition) is 1. The predicted octanol–water partition coefficient (Wildman–Crippen LogP) is 2.66. The van der Waals surface area contributed by atoms with Gasteiger partial charge in [-0.05, 0) is 44.0 Å². The smallest absolute Gasteiger partial charge is 0.161 e. The molecule has 1 fully saturated rings. The number of rotatable bonds is 2. The van der Waals surface area contributed by atoms with Crippen molar-refractivity contribution in [1.82, 2.24) is 0 Å². The van der Waals surface area contributed by atoms with Crippen LogP contribution in [0.2, 0.25) is 0 Å². The maximum atomic E-state index is 8.97. The van der Waals surface area contributed by atoms with Crippen LogP contribution in [-0.2, 0) is 0 Å². The van der Waals surface area contributed by atoms with Gasteiger partial charge in [-0.15, -0.1) is 0 Å². The lowest BCUT2D eigenvalue weighted by Crippen LogP contribution is -2.60. The van der Waals surface area contributed by atoms with Crippen LogP contribution in [0.4, 0.5) is 0 Å². The molecule has 1 saturated carbocycles. The van der Waals surface area contributed by atoms with Crippen LogP contribution in [0.3, 0.4) is 0 Å². The maximum Gasteiger partial charge on any atom is 0.161 e. The van der Waals surface area contributed by atoms with Crippen LogP contribution in [-0.4, -0.2) is 5.72 Å². The number of nitrogens with zero attached hydrogens (tertiary/aromatic N) is 1. The van der Waals surface area contributed by atoms with E-state index in [4.69, 9.17) is 15.7 Å². The van der Waals surface area contributed by atoms with Crippen molar-refractivity contribution in [3.05, 3.63) is 29.3 Å². The lowest BCUT2D eigenvalue weighted by Gasteiger charge is -2.47. The summed E-state index contributed by atoms with van der Waals surface area (Å²) in [6, 6.07) is 8.33. The van der Waals surface area contributed by atoms with Gasteiger partial charge in [0.15, 0.2) is 5.72 Å². The van der Waals surface area contributed by atoms with Gasteiger partial charge in [-0.1, -0.05) is 6.07 Å². The minimum Gasteiger partial charge on any atom is -0.473 e. The second kappa shape index (κ2) is 3.75. The highest BCUT2D eigenvalue weighted by Gasteiger charge is 2.52. The SMILES string of the molecule is Cc1cc(C)cc(O[C@]2(N)C[C@](C)(C#N)C2)c1. The Morgan fingerprint density at radius 1 is 1.24 bits per heavy atom. The molecule has 0 unspecified atom stereocenters. The van der Waals surface area contributed by atoms with E-state index in [-0.39, 0.29) is 5.41 Å². The molecule has 90 valence electrons. The number of nitrogens with two attached hydrogens (primary N) is 1. The van der Waals surface area contributed by atoms with E-state index in [1.807, 2.05) is 32.9 Å². The molecule has 0 radical (unpaired) electrons. The van der Waals surface area contributed by atoms with Gasteiger partial charge in [-0.3, -0.25) is 5.73 Å². The van der Waals surface area contributed by atoms with Gasteiger partial charge in [0.05, 0.1) is 11.5 Å². The van der Waals surface area contributed by atoms with Crippen molar-refractivity contribution in [3.8, 4) is 11.8 Å².